The highest BCUT2D eigenvalue weighted by Crippen LogP contribution is 2.36. The molecule has 0 aliphatic heterocycles. The van der Waals surface area contributed by atoms with Crippen LogP contribution in [-0.4, -0.2) is 39.6 Å². The fourth-order valence-corrected chi connectivity index (χ4v) is 4.20. The molecule has 0 saturated carbocycles. The Labute approximate surface area is 145 Å². The van der Waals surface area contributed by atoms with E-state index in [0.29, 0.717) is 5.56 Å². The Morgan fingerprint density at radius 3 is 2.22 bits per heavy atom. The first kappa shape index (κ1) is 20.4. The van der Waals surface area contributed by atoms with Crippen molar-refractivity contribution in [2.45, 2.75) is 43.6 Å². The van der Waals surface area contributed by atoms with Crippen molar-refractivity contribution in [3.63, 3.8) is 0 Å². The topological polar surface area (TPSA) is 60.4 Å². The molecular formula is C16H25ClO4SSi. The summed E-state index contributed by atoms with van der Waals surface area (Å²) in [6.07, 6.45) is 0. The Bertz CT molecular complexity index is 636. The first-order chi connectivity index (χ1) is 10.4. The lowest BCUT2D eigenvalue weighted by atomic mass is 10.1. The van der Waals surface area contributed by atoms with E-state index in [0.717, 1.165) is 0 Å². The minimum atomic E-state index is -3.76. The van der Waals surface area contributed by atoms with E-state index in [9.17, 15) is 13.2 Å². The molecule has 4 nitrogen and oxygen atoms in total. The predicted octanol–water partition coefficient (Wildman–Crippen LogP) is 3.87. The first-order valence-electron chi connectivity index (χ1n) is 7.47. The minimum absolute atomic E-state index is 0.00299. The van der Waals surface area contributed by atoms with Crippen molar-refractivity contribution >= 4 is 35.5 Å². The quantitative estimate of drug-likeness (QED) is 0.411. The van der Waals surface area contributed by atoms with E-state index >= 15 is 0 Å². The van der Waals surface area contributed by atoms with Gasteiger partial charge in [-0.05, 0) is 18.1 Å². The summed E-state index contributed by atoms with van der Waals surface area (Å²) in [5.41, 5.74) is 0.293. The number of carbonyl (C=O) groups is 1. The summed E-state index contributed by atoms with van der Waals surface area (Å²) < 4.78 is 28.8. The summed E-state index contributed by atoms with van der Waals surface area (Å²) in [5.74, 6) is -0.855. The Morgan fingerprint density at radius 2 is 1.74 bits per heavy atom. The van der Waals surface area contributed by atoms with Gasteiger partial charge in [0.15, 0.2) is 28.6 Å². The van der Waals surface area contributed by atoms with Crippen molar-refractivity contribution in [1.82, 2.24) is 0 Å². The highest BCUT2D eigenvalue weighted by molar-refractivity contribution is 7.94. The van der Waals surface area contributed by atoms with Gasteiger partial charge in [0.2, 0.25) is 0 Å². The molecule has 1 atom stereocenters. The summed E-state index contributed by atoms with van der Waals surface area (Å²) in [6, 6.07) is 8.20. The molecule has 0 N–H and O–H groups in total. The molecule has 23 heavy (non-hydrogen) atoms. The third kappa shape index (κ3) is 5.41. The second-order valence-electron chi connectivity index (χ2n) is 7.02. The van der Waals surface area contributed by atoms with Crippen molar-refractivity contribution in [2.24, 2.45) is 0 Å². The summed E-state index contributed by atoms with van der Waals surface area (Å²) in [4.78, 5) is 12.2. The lowest BCUT2D eigenvalue weighted by molar-refractivity contribution is 0.101. The Hall–Kier alpha value is -0.693. The normalized spacial score (nSPS) is 14.5. The van der Waals surface area contributed by atoms with Gasteiger partial charge in [0.1, 0.15) is 0 Å². The maximum atomic E-state index is 12.3. The van der Waals surface area contributed by atoms with E-state index in [2.05, 4.69) is 20.8 Å². The van der Waals surface area contributed by atoms with Crippen molar-refractivity contribution in [3.8, 4) is 0 Å². The van der Waals surface area contributed by atoms with Crippen molar-refractivity contribution in [1.29, 1.82) is 0 Å². The molecule has 0 radical (unpaired) electrons. The van der Waals surface area contributed by atoms with Gasteiger partial charge in [0.05, 0.1) is 5.75 Å². The van der Waals surface area contributed by atoms with Crippen LogP contribution in [0.15, 0.2) is 30.3 Å². The molecule has 7 heteroatoms. The Morgan fingerprint density at radius 1 is 1.22 bits per heavy atom. The molecular weight excluding hydrogens is 352 g/mol. The molecule has 0 amide bonds. The number of ketones is 1. The average molecular weight is 377 g/mol. The van der Waals surface area contributed by atoms with Gasteiger partial charge >= 0.3 is 0 Å². The van der Waals surface area contributed by atoms with Gasteiger partial charge in [0, 0.05) is 12.2 Å². The molecule has 0 heterocycles. The molecule has 130 valence electrons. The van der Waals surface area contributed by atoms with E-state index < -0.39 is 28.6 Å². The molecule has 0 aromatic heterocycles. The van der Waals surface area contributed by atoms with E-state index in [4.69, 9.17) is 16.0 Å². The van der Waals surface area contributed by atoms with Crippen LogP contribution in [0.2, 0.25) is 18.1 Å². The molecule has 0 spiro atoms. The number of carbonyl (C=O) groups excluding carboxylic acids is 1. The fraction of sp³-hybridized carbons (Fsp3) is 0.562. The van der Waals surface area contributed by atoms with Gasteiger partial charge in [-0.25, -0.2) is 8.42 Å². The van der Waals surface area contributed by atoms with E-state index in [1.54, 1.807) is 30.3 Å². The standard InChI is InChI=1S/C16H25ClO4SSi/c1-16(2,3)23(4,5)21-11-12-22(19,20)15(17)14(18)13-9-7-6-8-10-13/h6-10,15H,11-12H2,1-5H3. The van der Waals surface area contributed by atoms with Gasteiger partial charge in [-0.1, -0.05) is 62.7 Å². The highest BCUT2D eigenvalue weighted by Gasteiger charge is 2.38. The van der Waals surface area contributed by atoms with Crippen LogP contribution < -0.4 is 0 Å². The average Bonchev–Trinajstić information content (AvgIpc) is 2.45. The number of Topliss-reactive ketones (excluding diaryl/α,β-unsaturated/α-hetero) is 1. The molecule has 0 aliphatic carbocycles. The SMILES string of the molecule is CC(C)(C)[Si](C)(C)OCCS(=O)(=O)C(Cl)C(=O)c1ccccc1. The van der Waals surface area contributed by atoms with E-state index in [1.807, 2.05) is 13.1 Å². The van der Waals surface area contributed by atoms with Crippen LogP contribution in [0.3, 0.4) is 0 Å². The lowest BCUT2D eigenvalue weighted by Crippen LogP contribution is -2.42. The monoisotopic (exact) mass is 376 g/mol. The molecule has 1 aromatic rings. The van der Waals surface area contributed by atoms with Gasteiger partial charge < -0.3 is 4.43 Å². The number of sulfone groups is 1. The zero-order chi connectivity index (χ0) is 17.9. The van der Waals surface area contributed by atoms with Crippen molar-refractivity contribution in [2.75, 3.05) is 12.4 Å². The molecule has 1 rings (SSSR count). The predicted molar refractivity (Wildman–Crippen MR) is 97.3 cm³/mol. The zero-order valence-electron chi connectivity index (χ0n) is 14.3. The van der Waals surface area contributed by atoms with Crippen LogP contribution >= 0.6 is 11.6 Å². The summed E-state index contributed by atoms with van der Waals surface area (Å²) in [6.45, 7) is 10.4. The number of hydrogen-bond donors (Lipinski definition) is 0. The molecule has 0 aliphatic rings. The van der Waals surface area contributed by atoms with Crippen molar-refractivity contribution < 1.29 is 17.6 Å². The summed E-state index contributed by atoms with van der Waals surface area (Å²) >= 11 is 5.92. The number of alkyl halides is 1. The fourth-order valence-electron chi connectivity index (χ4n) is 1.63. The molecule has 1 aromatic carbocycles. The third-order valence-electron chi connectivity index (χ3n) is 4.22. The largest absolute Gasteiger partial charge is 0.416 e. The lowest BCUT2D eigenvalue weighted by Gasteiger charge is -2.36. The minimum Gasteiger partial charge on any atom is -0.416 e. The van der Waals surface area contributed by atoms with E-state index in [-0.39, 0.29) is 17.4 Å². The molecule has 0 fully saturated rings. The Kier molecular flexibility index (Phi) is 6.61. The number of rotatable bonds is 7. The maximum Gasteiger partial charge on any atom is 0.197 e. The van der Waals surface area contributed by atoms with Crippen LogP contribution in [0.4, 0.5) is 0 Å². The molecule has 1 unspecified atom stereocenters. The summed E-state index contributed by atoms with van der Waals surface area (Å²) in [5, 5.41) is -0.00299. The van der Waals surface area contributed by atoms with Gasteiger partial charge in [-0.15, -0.1) is 0 Å². The maximum absolute atomic E-state index is 12.3. The second-order valence-corrected chi connectivity index (χ2v) is 14.7. The second kappa shape index (κ2) is 7.47. The van der Waals surface area contributed by atoms with Gasteiger partial charge in [0.25, 0.3) is 0 Å². The highest BCUT2D eigenvalue weighted by atomic mass is 35.5. The summed E-state index contributed by atoms with van der Waals surface area (Å²) in [7, 11) is -5.79. The Balaban J connectivity index is 2.71. The number of halogens is 1. The van der Waals surface area contributed by atoms with Crippen LogP contribution in [0.25, 0.3) is 0 Å². The van der Waals surface area contributed by atoms with Crippen LogP contribution in [-0.2, 0) is 14.3 Å². The van der Waals surface area contributed by atoms with Crippen molar-refractivity contribution in [3.05, 3.63) is 35.9 Å². The van der Waals surface area contributed by atoms with Gasteiger partial charge in [-0.2, -0.15) is 0 Å². The van der Waals surface area contributed by atoms with Crippen LogP contribution in [0, 0.1) is 0 Å². The zero-order valence-corrected chi connectivity index (χ0v) is 16.9. The first-order valence-corrected chi connectivity index (χ1v) is 12.5. The van der Waals surface area contributed by atoms with Crippen LogP contribution in [0.1, 0.15) is 31.1 Å². The van der Waals surface area contributed by atoms with Gasteiger partial charge in [-0.3, -0.25) is 4.79 Å². The van der Waals surface area contributed by atoms with E-state index in [1.165, 1.54) is 0 Å². The molecule has 0 bridgehead atoms. The smallest absolute Gasteiger partial charge is 0.197 e. The number of hydrogen-bond acceptors (Lipinski definition) is 4. The number of benzene rings is 1. The van der Waals surface area contributed by atoms with Crippen LogP contribution in [0.5, 0.6) is 0 Å². The molecule has 0 saturated heterocycles. The third-order valence-corrected chi connectivity index (χ3v) is 11.3.